The Morgan fingerprint density at radius 3 is 2.69 bits per heavy atom. The number of carbonyl (C=O) groups excluding carboxylic acids is 1. The minimum absolute atomic E-state index is 0.125. The highest BCUT2D eigenvalue weighted by atomic mass is 16.5. The summed E-state index contributed by atoms with van der Waals surface area (Å²) in [6, 6.07) is 0.0648. The van der Waals surface area contributed by atoms with Gasteiger partial charge in [-0.3, -0.25) is 4.79 Å². The number of ether oxygens (including phenoxy) is 1. The Hall–Kier alpha value is -0.610. The molecule has 1 rings (SSSR count). The first kappa shape index (κ1) is 13.5. The van der Waals surface area contributed by atoms with Gasteiger partial charge >= 0.3 is 0 Å². The summed E-state index contributed by atoms with van der Waals surface area (Å²) in [6.07, 6.45) is 2.32. The van der Waals surface area contributed by atoms with E-state index in [1.807, 2.05) is 13.8 Å². The highest BCUT2D eigenvalue weighted by molar-refractivity contribution is 5.79. The van der Waals surface area contributed by atoms with Gasteiger partial charge in [-0.2, -0.15) is 0 Å². The topological polar surface area (TPSA) is 64.3 Å². The largest absolute Gasteiger partial charge is 0.378 e. The third kappa shape index (κ3) is 2.38. The van der Waals surface area contributed by atoms with Crippen LogP contribution in [0.4, 0.5) is 0 Å². The summed E-state index contributed by atoms with van der Waals surface area (Å²) in [7, 11) is 0. The van der Waals surface area contributed by atoms with E-state index in [-0.39, 0.29) is 17.4 Å². The zero-order valence-corrected chi connectivity index (χ0v) is 10.7. The van der Waals surface area contributed by atoms with Crippen molar-refractivity contribution in [3.8, 4) is 0 Å². The molecule has 0 aromatic rings. The monoisotopic (exact) mass is 228 g/mol. The molecule has 3 N–H and O–H groups in total. The van der Waals surface area contributed by atoms with Crippen molar-refractivity contribution in [2.75, 3.05) is 6.61 Å². The predicted octanol–water partition coefficient (Wildman–Crippen LogP) is 1.04. The maximum atomic E-state index is 11.0. The van der Waals surface area contributed by atoms with Crippen molar-refractivity contribution in [1.29, 1.82) is 0 Å². The number of amides is 1. The van der Waals surface area contributed by atoms with Crippen LogP contribution < -0.4 is 11.1 Å². The van der Waals surface area contributed by atoms with Crippen LogP contribution in [0, 0.1) is 5.41 Å². The van der Waals surface area contributed by atoms with Crippen LogP contribution in [0.1, 0.15) is 40.5 Å². The van der Waals surface area contributed by atoms with E-state index in [9.17, 15) is 4.79 Å². The lowest BCUT2D eigenvalue weighted by Gasteiger charge is -2.54. The van der Waals surface area contributed by atoms with Gasteiger partial charge < -0.3 is 15.8 Å². The second-order valence-corrected chi connectivity index (χ2v) is 4.88. The molecule has 0 aliphatic heterocycles. The van der Waals surface area contributed by atoms with Gasteiger partial charge in [0.15, 0.2) is 0 Å². The van der Waals surface area contributed by atoms with Crippen molar-refractivity contribution in [3.63, 3.8) is 0 Å². The highest BCUT2D eigenvalue weighted by Gasteiger charge is 2.51. The fraction of sp³-hybridized carbons (Fsp3) is 0.917. The fourth-order valence-electron chi connectivity index (χ4n) is 2.39. The van der Waals surface area contributed by atoms with E-state index < -0.39 is 0 Å². The Balaban J connectivity index is 2.55. The third-order valence-corrected chi connectivity index (χ3v) is 3.99. The zero-order valence-electron chi connectivity index (χ0n) is 10.7. The van der Waals surface area contributed by atoms with E-state index >= 15 is 0 Å². The van der Waals surface area contributed by atoms with Gasteiger partial charge in [-0.05, 0) is 26.7 Å². The molecule has 0 aromatic carbocycles. The molecule has 0 aromatic heterocycles. The molecular weight excluding hydrogens is 204 g/mol. The van der Waals surface area contributed by atoms with Crippen LogP contribution in [0.2, 0.25) is 0 Å². The molecule has 1 amide bonds. The van der Waals surface area contributed by atoms with Crippen LogP contribution in [0.25, 0.3) is 0 Å². The summed E-state index contributed by atoms with van der Waals surface area (Å²) in [5.74, 6) is -0.293. The number of carbonyl (C=O) groups is 1. The smallest absolute Gasteiger partial charge is 0.234 e. The van der Waals surface area contributed by atoms with Gasteiger partial charge in [0.2, 0.25) is 5.91 Å². The lowest BCUT2D eigenvalue weighted by molar-refractivity contribution is -0.134. The van der Waals surface area contributed by atoms with Crippen LogP contribution in [-0.4, -0.2) is 30.7 Å². The number of rotatable bonds is 6. The molecule has 1 aliphatic rings. The zero-order chi connectivity index (χ0) is 12.3. The van der Waals surface area contributed by atoms with Gasteiger partial charge in [0.1, 0.15) is 0 Å². The molecule has 4 unspecified atom stereocenters. The third-order valence-electron chi connectivity index (χ3n) is 3.99. The lowest BCUT2D eigenvalue weighted by atomic mass is 9.61. The van der Waals surface area contributed by atoms with Gasteiger partial charge in [-0.15, -0.1) is 0 Å². The molecule has 94 valence electrons. The SMILES string of the molecule is CCOC1CC(NC(C)C(N)=O)C1(C)CC. The van der Waals surface area contributed by atoms with Crippen LogP contribution in [-0.2, 0) is 9.53 Å². The quantitative estimate of drug-likeness (QED) is 0.714. The normalized spacial score (nSPS) is 35.5. The number of hydrogen-bond acceptors (Lipinski definition) is 3. The molecule has 0 radical (unpaired) electrons. The average molecular weight is 228 g/mol. The minimum Gasteiger partial charge on any atom is -0.378 e. The van der Waals surface area contributed by atoms with Crippen molar-refractivity contribution < 1.29 is 9.53 Å². The second-order valence-electron chi connectivity index (χ2n) is 4.88. The van der Waals surface area contributed by atoms with E-state index in [2.05, 4.69) is 19.2 Å². The molecule has 16 heavy (non-hydrogen) atoms. The molecular formula is C12H24N2O2. The van der Waals surface area contributed by atoms with Gasteiger partial charge in [-0.1, -0.05) is 13.8 Å². The molecule has 1 fully saturated rings. The van der Waals surface area contributed by atoms with E-state index in [0.29, 0.717) is 12.1 Å². The molecule has 0 bridgehead atoms. The Bertz CT molecular complexity index is 257. The molecule has 4 atom stereocenters. The Morgan fingerprint density at radius 1 is 1.62 bits per heavy atom. The average Bonchev–Trinajstić information content (AvgIpc) is 2.26. The van der Waals surface area contributed by atoms with Gasteiger partial charge in [0.25, 0.3) is 0 Å². The van der Waals surface area contributed by atoms with Crippen molar-refractivity contribution >= 4 is 5.91 Å². The number of hydrogen-bond donors (Lipinski definition) is 2. The fourth-order valence-corrected chi connectivity index (χ4v) is 2.39. The first-order valence-electron chi connectivity index (χ1n) is 6.12. The number of nitrogens with two attached hydrogens (primary N) is 1. The van der Waals surface area contributed by atoms with Crippen molar-refractivity contribution in [2.24, 2.45) is 11.1 Å². The summed E-state index contributed by atoms with van der Waals surface area (Å²) in [5, 5.41) is 3.29. The van der Waals surface area contributed by atoms with Crippen molar-refractivity contribution in [1.82, 2.24) is 5.32 Å². The van der Waals surface area contributed by atoms with Crippen LogP contribution in [0.5, 0.6) is 0 Å². The first-order valence-corrected chi connectivity index (χ1v) is 6.12. The predicted molar refractivity (Wildman–Crippen MR) is 64.0 cm³/mol. The Morgan fingerprint density at radius 2 is 2.25 bits per heavy atom. The van der Waals surface area contributed by atoms with Gasteiger partial charge in [0, 0.05) is 18.1 Å². The lowest BCUT2D eigenvalue weighted by Crippen LogP contribution is -2.64. The number of primary amides is 1. The van der Waals surface area contributed by atoms with Crippen LogP contribution in [0.15, 0.2) is 0 Å². The van der Waals surface area contributed by atoms with E-state index in [1.165, 1.54) is 0 Å². The summed E-state index contributed by atoms with van der Waals surface area (Å²) in [5.41, 5.74) is 5.38. The van der Waals surface area contributed by atoms with E-state index in [4.69, 9.17) is 10.5 Å². The molecule has 4 heteroatoms. The van der Waals surface area contributed by atoms with E-state index in [0.717, 1.165) is 19.4 Å². The maximum absolute atomic E-state index is 11.0. The summed E-state index contributed by atoms with van der Waals surface area (Å²) < 4.78 is 5.70. The highest BCUT2D eigenvalue weighted by Crippen LogP contribution is 2.45. The molecule has 1 saturated carbocycles. The summed E-state index contributed by atoms with van der Waals surface area (Å²) in [6.45, 7) is 8.95. The first-order chi connectivity index (χ1) is 7.45. The molecule has 1 aliphatic carbocycles. The standard InChI is InChI=1S/C12H24N2O2/c1-5-12(4)9(7-10(12)16-6-2)14-8(3)11(13)15/h8-10,14H,5-7H2,1-4H3,(H2,13,15). The maximum Gasteiger partial charge on any atom is 0.234 e. The second kappa shape index (κ2) is 5.15. The van der Waals surface area contributed by atoms with Crippen LogP contribution >= 0.6 is 0 Å². The van der Waals surface area contributed by atoms with Gasteiger partial charge in [-0.25, -0.2) is 0 Å². The van der Waals surface area contributed by atoms with Crippen LogP contribution in [0.3, 0.4) is 0 Å². The summed E-state index contributed by atoms with van der Waals surface area (Å²) in [4.78, 5) is 11.0. The van der Waals surface area contributed by atoms with Gasteiger partial charge in [0.05, 0.1) is 12.1 Å². The van der Waals surface area contributed by atoms with Crippen molar-refractivity contribution in [2.45, 2.75) is 58.7 Å². The Kier molecular flexibility index (Phi) is 4.33. The molecule has 4 nitrogen and oxygen atoms in total. The minimum atomic E-state index is -0.293. The summed E-state index contributed by atoms with van der Waals surface area (Å²) >= 11 is 0. The van der Waals surface area contributed by atoms with Crippen molar-refractivity contribution in [3.05, 3.63) is 0 Å². The number of nitrogens with one attached hydrogen (secondary N) is 1. The van der Waals surface area contributed by atoms with E-state index in [1.54, 1.807) is 0 Å². The molecule has 0 saturated heterocycles. The molecule has 0 heterocycles. The molecule has 0 spiro atoms. The Labute approximate surface area is 97.9 Å².